The first-order valence-corrected chi connectivity index (χ1v) is 27.2. The number of halogens is 2. The topological polar surface area (TPSA) is 129 Å². The molecule has 73 heavy (non-hydrogen) atoms. The summed E-state index contributed by atoms with van der Waals surface area (Å²) in [4.78, 5) is 78.6. The molecule has 0 atom stereocenters. The number of carbonyl (C=O) groups excluding carboxylic acids is 5. The minimum Gasteiger partial charge on any atom is -0.318 e. The zero-order valence-corrected chi connectivity index (χ0v) is 45.1. The Hall–Kier alpha value is -6.19. The highest BCUT2D eigenvalue weighted by Crippen LogP contribution is 2.30. The zero-order valence-electron chi connectivity index (χ0n) is 40.3. The number of ketones is 3. The maximum absolute atomic E-state index is 13.4. The van der Waals surface area contributed by atoms with Gasteiger partial charge in [-0.25, -0.2) is 9.59 Å². The Labute approximate surface area is 452 Å². The molecule has 0 aliphatic heterocycles. The van der Waals surface area contributed by atoms with Crippen molar-refractivity contribution in [1.29, 1.82) is 0 Å². The summed E-state index contributed by atoms with van der Waals surface area (Å²) in [6, 6.07) is 56.1. The van der Waals surface area contributed by atoms with E-state index in [1.54, 1.807) is 92.5 Å². The van der Waals surface area contributed by atoms with E-state index >= 15 is 0 Å². The number of nitrogens with zero attached hydrogens (tertiary/aromatic N) is 2. The lowest BCUT2D eigenvalue weighted by Gasteiger charge is -2.14. The van der Waals surface area contributed by atoms with Gasteiger partial charge in [-0.2, -0.15) is 0 Å². The number of benzene rings is 7. The van der Waals surface area contributed by atoms with E-state index in [9.17, 15) is 24.0 Å². The number of hydrogen-bond acceptors (Lipinski definition) is 13. The van der Waals surface area contributed by atoms with Crippen molar-refractivity contribution in [3.63, 3.8) is 0 Å². The van der Waals surface area contributed by atoms with Crippen LogP contribution in [0.25, 0.3) is 0 Å². The summed E-state index contributed by atoms with van der Waals surface area (Å²) in [5, 5.41) is 9.14. The summed E-state index contributed by atoms with van der Waals surface area (Å²) >= 11 is 18.2. The maximum Gasteiger partial charge on any atom is 0.340 e. The van der Waals surface area contributed by atoms with Crippen LogP contribution in [0.15, 0.2) is 222 Å². The van der Waals surface area contributed by atoms with Crippen LogP contribution in [0.5, 0.6) is 0 Å². The van der Waals surface area contributed by atoms with E-state index in [1.165, 1.54) is 18.7 Å². The van der Waals surface area contributed by atoms with E-state index in [-0.39, 0.29) is 28.8 Å². The third kappa shape index (κ3) is 18.7. The van der Waals surface area contributed by atoms with Gasteiger partial charge in [0.15, 0.2) is 5.78 Å². The number of thioether (sulfide) groups is 2. The van der Waals surface area contributed by atoms with Gasteiger partial charge < -0.3 is 9.68 Å². The van der Waals surface area contributed by atoms with E-state index < -0.39 is 17.4 Å². The van der Waals surface area contributed by atoms with Crippen molar-refractivity contribution in [1.82, 2.24) is 0 Å². The molecular weight excluding hydrogens is 1040 g/mol. The predicted octanol–water partition coefficient (Wildman–Crippen LogP) is 15.8. The standard InChI is InChI=1S/C34H30ClNO4S2.C24H20ClNO3S2/c1-34(2,3)33(39)40-36-30(21-22-41-27-19-13-26(35)14-20-27)32(38)25-11-17-29(18-12-25)42-28-15-9-24(10-16-28)31(37)23-7-5-4-6-8-23;1-17(27)29-26-23(15-16-30-20-13-9-19(25)10-14-20)24(28)18-7-11-22(12-8-18)31-21-5-3-2-4-6-21/h4-20H,21-22H2,1-3H3;2-14H,15-16H2,1H3/b36-30+;26-23+. The highest BCUT2D eigenvalue weighted by atomic mass is 35.5. The summed E-state index contributed by atoms with van der Waals surface area (Å²) in [6.07, 6.45) is 0.675. The van der Waals surface area contributed by atoms with Crippen LogP contribution in [0.3, 0.4) is 0 Å². The molecule has 0 radical (unpaired) electrons. The molecule has 0 aliphatic rings. The van der Waals surface area contributed by atoms with Crippen molar-refractivity contribution in [3.05, 3.63) is 214 Å². The molecule has 9 nitrogen and oxygen atoms in total. The van der Waals surface area contributed by atoms with Gasteiger partial charge in [-0.05, 0) is 154 Å². The lowest BCUT2D eigenvalue weighted by atomic mass is 9.98. The number of Topliss-reactive ketones (excluding diaryl/α,β-unsaturated/α-hetero) is 2. The predicted molar refractivity (Wildman–Crippen MR) is 298 cm³/mol. The van der Waals surface area contributed by atoms with Crippen LogP contribution in [0.4, 0.5) is 0 Å². The van der Waals surface area contributed by atoms with Gasteiger partial charge in [0, 0.05) is 92.9 Å². The van der Waals surface area contributed by atoms with E-state index in [2.05, 4.69) is 10.3 Å². The Morgan fingerprint density at radius 2 is 0.781 bits per heavy atom. The molecule has 0 saturated heterocycles. The normalized spacial score (nSPS) is 11.5. The van der Waals surface area contributed by atoms with Gasteiger partial charge >= 0.3 is 11.9 Å². The smallest absolute Gasteiger partial charge is 0.318 e. The Balaban J connectivity index is 0.000000249. The Bertz CT molecular complexity index is 3020. The second kappa shape index (κ2) is 28.3. The molecule has 372 valence electrons. The third-order valence-corrected chi connectivity index (χ3v) is 14.7. The molecule has 0 aromatic heterocycles. The van der Waals surface area contributed by atoms with Gasteiger partial charge in [-0.15, -0.1) is 23.5 Å². The third-order valence-electron chi connectivity index (χ3n) is 10.1. The molecule has 0 saturated carbocycles. The van der Waals surface area contributed by atoms with Crippen molar-refractivity contribution in [2.45, 2.75) is 69.9 Å². The minimum absolute atomic E-state index is 0.0211. The van der Waals surface area contributed by atoms with Crippen LogP contribution in [0, 0.1) is 5.41 Å². The quantitative estimate of drug-likeness (QED) is 0.0238. The number of hydrogen-bond donors (Lipinski definition) is 0. The first kappa shape index (κ1) is 56.1. The molecule has 0 amide bonds. The van der Waals surface area contributed by atoms with Crippen molar-refractivity contribution in [3.8, 4) is 0 Å². The van der Waals surface area contributed by atoms with Crippen LogP contribution < -0.4 is 0 Å². The molecule has 0 bridgehead atoms. The number of rotatable bonds is 20. The Morgan fingerprint density at radius 3 is 1.18 bits per heavy atom. The fourth-order valence-electron chi connectivity index (χ4n) is 6.22. The molecule has 7 aromatic rings. The summed E-state index contributed by atoms with van der Waals surface area (Å²) in [5.74, 6) is -0.479. The first-order chi connectivity index (χ1) is 35.1. The lowest BCUT2D eigenvalue weighted by Crippen LogP contribution is -2.23. The molecule has 0 aliphatic carbocycles. The maximum atomic E-state index is 13.4. The fraction of sp³-hybridized carbons (Fsp3) is 0.155. The van der Waals surface area contributed by atoms with Gasteiger partial charge in [0.1, 0.15) is 11.4 Å². The van der Waals surface area contributed by atoms with E-state index in [0.717, 1.165) is 29.4 Å². The van der Waals surface area contributed by atoms with E-state index in [0.29, 0.717) is 56.6 Å². The highest BCUT2D eigenvalue weighted by molar-refractivity contribution is 8.00. The molecule has 7 rings (SSSR count). The van der Waals surface area contributed by atoms with Crippen molar-refractivity contribution in [2.24, 2.45) is 15.7 Å². The molecule has 0 spiro atoms. The van der Waals surface area contributed by atoms with Crippen LogP contribution in [-0.2, 0) is 19.3 Å². The molecule has 15 heteroatoms. The first-order valence-electron chi connectivity index (χ1n) is 22.8. The Morgan fingerprint density at radius 1 is 0.438 bits per heavy atom. The van der Waals surface area contributed by atoms with Crippen LogP contribution >= 0.6 is 70.2 Å². The summed E-state index contributed by atoms with van der Waals surface area (Å²) in [6.45, 7) is 6.44. The van der Waals surface area contributed by atoms with Gasteiger partial charge in [0.2, 0.25) is 11.6 Å². The number of oxime groups is 2. The average Bonchev–Trinajstić information content (AvgIpc) is 3.40. The van der Waals surface area contributed by atoms with Gasteiger partial charge in [0.25, 0.3) is 0 Å². The van der Waals surface area contributed by atoms with Gasteiger partial charge in [-0.3, -0.25) is 14.4 Å². The molecule has 7 aromatic carbocycles. The summed E-state index contributed by atoms with van der Waals surface area (Å²) in [5.41, 5.74) is 1.86. The zero-order chi connectivity index (χ0) is 52.2. The fourth-order valence-corrected chi connectivity index (χ4v) is 9.85. The lowest BCUT2D eigenvalue weighted by molar-refractivity contribution is -0.153. The second-order valence-electron chi connectivity index (χ2n) is 16.8. The minimum atomic E-state index is -0.748. The largest absolute Gasteiger partial charge is 0.340 e. The van der Waals surface area contributed by atoms with Crippen LogP contribution in [0.1, 0.15) is 77.2 Å². The second-order valence-corrected chi connectivity index (χ2v) is 22.3. The van der Waals surface area contributed by atoms with E-state index in [4.69, 9.17) is 32.9 Å². The van der Waals surface area contributed by atoms with Crippen molar-refractivity contribution in [2.75, 3.05) is 11.5 Å². The molecule has 0 N–H and O–H groups in total. The average molecular weight is 1090 g/mol. The molecule has 0 fully saturated rings. The van der Waals surface area contributed by atoms with Crippen molar-refractivity contribution < 1.29 is 33.6 Å². The van der Waals surface area contributed by atoms with Crippen molar-refractivity contribution >= 4 is 111 Å². The Kier molecular flexibility index (Phi) is 21.8. The van der Waals surface area contributed by atoms with Crippen LogP contribution in [-0.4, -0.2) is 52.2 Å². The molecule has 0 heterocycles. The van der Waals surface area contributed by atoms with Crippen LogP contribution in [0.2, 0.25) is 10.0 Å². The van der Waals surface area contributed by atoms with Gasteiger partial charge in [0.05, 0.1) is 5.41 Å². The monoisotopic (exact) mass is 1080 g/mol. The number of carbonyl (C=O) groups is 5. The summed E-state index contributed by atoms with van der Waals surface area (Å²) < 4.78 is 0. The van der Waals surface area contributed by atoms with E-state index in [1.807, 2.05) is 146 Å². The SMILES string of the molecule is CC(=O)O/N=C(\CCSc1ccc(Cl)cc1)C(=O)c1ccc(Sc2ccccc2)cc1.CC(C)(C)C(=O)O/N=C(\CCSc1ccc(Cl)cc1)C(=O)c1ccc(Sc2ccc(C(=O)c3ccccc3)cc2)cc1. The summed E-state index contributed by atoms with van der Waals surface area (Å²) in [7, 11) is 0. The molecular formula is C58H50Cl2N2O7S4. The van der Waals surface area contributed by atoms with Gasteiger partial charge in [-0.1, -0.05) is 106 Å². The highest BCUT2D eigenvalue weighted by Gasteiger charge is 2.25. The molecule has 0 unspecified atom stereocenters.